The van der Waals surface area contributed by atoms with Gasteiger partial charge in [0.1, 0.15) is 5.69 Å². The lowest BCUT2D eigenvalue weighted by Crippen LogP contribution is -2.31. The number of aromatic nitrogens is 2. The number of halogens is 1. The Morgan fingerprint density at radius 3 is 2.78 bits per heavy atom. The summed E-state index contributed by atoms with van der Waals surface area (Å²) in [4.78, 5) is 8.14. The predicted molar refractivity (Wildman–Crippen MR) is 71.8 cm³/mol. The second-order valence-corrected chi connectivity index (χ2v) is 4.31. The van der Waals surface area contributed by atoms with Gasteiger partial charge in [0, 0.05) is 0 Å². The number of aryl methyl sites for hydroxylation is 1. The van der Waals surface area contributed by atoms with Crippen molar-refractivity contribution < 1.29 is 0 Å². The summed E-state index contributed by atoms with van der Waals surface area (Å²) >= 11 is 5.82. The van der Waals surface area contributed by atoms with Crippen molar-refractivity contribution in [3.63, 3.8) is 0 Å². The van der Waals surface area contributed by atoms with Gasteiger partial charge in [0.2, 0.25) is 5.28 Å². The summed E-state index contributed by atoms with van der Waals surface area (Å²) in [6.07, 6.45) is 2.68. The van der Waals surface area contributed by atoms with Gasteiger partial charge in [-0.15, -0.1) is 5.53 Å². The van der Waals surface area contributed by atoms with Crippen LogP contribution >= 0.6 is 11.6 Å². The summed E-state index contributed by atoms with van der Waals surface area (Å²) in [5.41, 5.74) is 9.12. The molecule has 5 nitrogen and oxygen atoms in total. The Kier molecular flexibility index (Phi) is 2.77. The van der Waals surface area contributed by atoms with Crippen molar-refractivity contribution >= 4 is 28.8 Å². The predicted octanol–water partition coefficient (Wildman–Crippen LogP) is 2.68. The number of nitrogens with one attached hydrogen (secondary N) is 2. The molecule has 0 radical (unpaired) electrons. The lowest BCUT2D eigenvalue weighted by molar-refractivity contribution is 0.852. The SMILES string of the molecule is CCc1ccc(N2NNc3cnc(Cl)nc32)cc1. The largest absolute Gasteiger partial charge is 0.298 e. The Labute approximate surface area is 110 Å². The molecular weight excluding hydrogens is 250 g/mol. The van der Waals surface area contributed by atoms with Crippen LogP contribution < -0.4 is 16.0 Å². The number of hydrogen-bond acceptors (Lipinski definition) is 5. The Morgan fingerprint density at radius 1 is 1.28 bits per heavy atom. The van der Waals surface area contributed by atoms with Crippen molar-refractivity contribution in [1.29, 1.82) is 0 Å². The molecule has 92 valence electrons. The maximum absolute atomic E-state index is 5.82. The van der Waals surface area contributed by atoms with Gasteiger partial charge in [-0.1, -0.05) is 19.1 Å². The van der Waals surface area contributed by atoms with Crippen LogP contribution in [0, 0.1) is 0 Å². The number of benzene rings is 1. The molecular formula is C12H12ClN5. The summed E-state index contributed by atoms with van der Waals surface area (Å²) < 4.78 is 0. The van der Waals surface area contributed by atoms with Crippen molar-refractivity contribution in [1.82, 2.24) is 15.5 Å². The van der Waals surface area contributed by atoms with Crippen molar-refractivity contribution in [2.75, 3.05) is 10.4 Å². The third-order valence-corrected chi connectivity index (χ3v) is 3.04. The summed E-state index contributed by atoms with van der Waals surface area (Å²) in [6.45, 7) is 2.13. The zero-order valence-corrected chi connectivity index (χ0v) is 10.6. The first-order chi connectivity index (χ1) is 8.78. The lowest BCUT2D eigenvalue weighted by atomic mass is 10.1. The maximum atomic E-state index is 5.82. The third kappa shape index (κ3) is 1.87. The van der Waals surface area contributed by atoms with Crippen molar-refractivity contribution in [3.05, 3.63) is 41.3 Å². The molecule has 0 bridgehead atoms. The van der Waals surface area contributed by atoms with Crippen LogP contribution in [0.1, 0.15) is 12.5 Å². The smallest absolute Gasteiger partial charge is 0.224 e. The lowest BCUT2D eigenvalue weighted by Gasteiger charge is -2.16. The fourth-order valence-corrected chi connectivity index (χ4v) is 1.98. The third-order valence-electron chi connectivity index (χ3n) is 2.86. The molecule has 1 aliphatic heterocycles. The monoisotopic (exact) mass is 261 g/mol. The Bertz CT molecular complexity index is 569. The average molecular weight is 262 g/mol. The van der Waals surface area contributed by atoms with Crippen molar-refractivity contribution in [2.24, 2.45) is 0 Å². The molecule has 2 heterocycles. The zero-order chi connectivity index (χ0) is 12.5. The highest BCUT2D eigenvalue weighted by molar-refractivity contribution is 6.28. The molecule has 1 aromatic carbocycles. The number of anilines is 3. The molecule has 6 heteroatoms. The van der Waals surface area contributed by atoms with E-state index in [-0.39, 0.29) is 5.28 Å². The standard InChI is InChI=1S/C12H12ClN5/c1-2-8-3-5-9(6-4-8)18-11-10(16-17-18)7-14-12(13)15-11/h3-7,16-17H,2H2,1H3. The Hall–Kier alpha value is -1.85. The van der Waals surface area contributed by atoms with E-state index in [2.05, 4.69) is 40.0 Å². The minimum atomic E-state index is 0.231. The molecule has 3 rings (SSSR count). The van der Waals surface area contributed by atoms with E-state index in [1.165, 1.54) is 5.56 Å². The van der Waals surface area contributed by atoms with E-state index in [9.17, 15) is 0 Å². The molecule has 0 atom stereocenters. The molecule has 1 aliphatic rings. The van der Waals surface area contributed by atoms with Crippen LogP contribution in [0.2, 0.25) is 5.28 Å². The van der Waals surface area contributed by atoms with E-state index in [0.717, 1.165) is 23.6 Å². The number of hydrogen-bond donors (Lipinski definition) is 2. The van der Waals surface area contributed by atoms with E-state index in [0.29, 0.717) is 0 Å². The molecule has 0 unspecified atom stereocenters. The molecule has 0 amide bonds. The van der Waals surface area contributed by atoms with Gasteiger partial charge in [0.15, 0.2) is 5.82 Å². The maximum Gasteiger partial charge on any atom is 0.224 e. The molecule has 0 saturated carbocycles. The molecule has 0 spiro atoms. The van der Waals surface area contributed by atoms with E-state index in [4.69, 9.17) is 11.6 Å². The molecule has 1 aromatic heterocycles. The van der Waals surface area contributed by atoms with E-state index in [1.807, 2.05) is 17.1 Å². The molecule has 0 fully saturated rings. The van der Waals surface area contributed by atoms with Gasteiger partial charge in [-0.05, 0) is 35.7 Å². The number of hydrazine groups is 2. The van der Waals surface area contributed by atoms with Gasteiger partial charge in [0.25, 0.3) is 0 Å². The van der Waals surface area contributed by atoms with Crippen molar-refractivity contribution in [2.45, 2.75) is 13.3 Å². The molecule has 2 N–H and O–H groups in total. The van der Waals surface area contributed by atoms with Crippen molar-refractivity contribution in [3.8, 4) is 0 Å². The average Bonchev–Trinajstić information content (AvgIpc) is 2.82. The minimum absolute atomic E-state index is 0.231. The van der Waals surface area contributed by atoms with Gasteiger partial charge >= 0.3 is 0 Å². The van der Waals surface area contributed by atoms with Gasteiger partial charge in [-0.3, -0.25) is 5.43 Å². The zero-order valence-electron chi connectivity index (χ0n) is 9.81. The van der Waals surface area contributed by atoms with Crippen LogP contribution in [0.3, 0.4) is 0 Å². The van der Waals surface area contributed by atoms with Gasteiger partial charge in [0.05, 0.1) is 11.9 Å². The first-order valence-electron chi connectivity index (χ1n) is 5.71. The highest BCUT2D eigenvalue weighted by Gasteiger charge is 2.22. The minimum Gasteiger partial charge on any atom is -0.298 e. The number of rotatable bonds is 2. The summed E-state index contributed by atoms with van der Waals surface area (Å²) in [5.74, 6) is 0.722. The Balaban J connectivity index is 1.97. The van der Waals surface area contributed by atoms with E-state index in [1.54, 1.807) is 6.20 Å². The second-order valence-electron chi connectivity index (χ2n) is 3.97. The quantitative estimate of drug-likeness (QED) is 0.814. The van der Waals surface area contributed by atoms with Gasteiger partial charge < -0.3 is 0 Å². The molecule has 0 aliphatic carbocycles. The second kappa shape index (κ2) is 4.44. The van der Waals surface area contributed by atoms with Gasteiger partial charge in [-0.2, -0.15) is 4.98 Å². The molecule has 0 saturated heterocycles. The topological polar surface area (TPSA) is 53.1 Å². The van der Waals surface area contributed by atoms with Crippen LogP contribution in [0.4, 0.5) is 17.2 Å². The van der Waals surface area contributed by atoms with Crippen LogP contribution in [0.15, 0.2) is 30.5 Å². The first-order valence-corrected chi connectivity index (χ1v) is 6.09. The van der Waals surface area contributed by atoms with Crippen LogP contribution in [-0.2, 0) is 6.42 Å². The van der Waals surface area contributed by atoms with Crippen LogP contribution in [0.5, 0.6) is 0 Å². The van der Waals surface area contributed by atoms with Crippen LogP contribution in [-0.4, -0.2) is 9.97 Å². The highest BCUT2D eigenvalue weighted by atomic mass is 35.5. The molecule has 18 heavy (non-hydrogen) atoms. The normalized spacial score (nSPS) is 13.3. The fraction of sp³-hybridized carbons (Fsp3) is 0.167. The summed E-state index contributed by atoms with van der Waals surface area (Å²) in [6, 6.07) is 8.27. The highest BCUT2D eigenvalue weighted by Crippen LogP contribution is 2.32. The fourth-order valence-electron chi connectivity index (χ4n) is 1.85. The van der Waals surface area contributed by atoms with Crippen LogP contribution in [0.25, 0.3) is 0 Å². The summed E-state index contributed by atoms with van der Waals surface area (Å²) in [5, 5.41) is 2.07. The number of fused-ring (bicyclic) bond motifs is 1. The molecule has 2 aromatic rings. The first kappa shape index (κ1) is 11.3. The summed E-state index contributed by atoms with van der Waals surface area (Å²) in [7, 11) is 0. The van der Waals surface area contributed by atoms with E-state index < -0.39 is 0 Å². The van der Waals surface area contributed by atoms with E-state index >= 15 is 0 Å². The number of nitrogens with zero attached hydrogens (tertiary/aromatic N) is 3. The Morgan fingerprint density at radius 2 is 2.06 bits per heavy atom. The van der Waals surface area contributed by atoms with Gasteiger partial charge in [-0.25, -0.2) is 9.99 Å².